The van der Waals surface area contributed by atoms with Crippen molar-refractivity contribution >= 4 is 6.09 Å². The molecule has 0 spiro atoms. The Morgan fingerprint density at radius 2 is 2.21 bits per heavy atom. The lowest BCUT2D eigenvalue weighted by Gasteiger charge is -2.25. The molecule has 1 amide bonds. The zero-order chi connectivity index (χ0) is 9.80. The Balaban J connectivity index is 1.88. The lowest BCUT2D eigenvalue weighted by molar-refractivity contribution is 0.141. The third-order valence-electron chi connectivity index (χ3n) is 2.29. The van der Waals surface area contributed by atoms with E-state index in [4.69, 9.17) is 4.74 Å². The molecule has 0 saturated carbocycles. The first-order valence-corrected chi connectivity index (χ1v) is 4.82. The number of H-pyrrole nitrogens is 1. The number of piperidine rings is 1. The Hall–Kier alpha value is -1.52. The summed E-state index contributed by atoms with van der Waals surface area (Å²) in [4.78, 5) is 13.2. The Morgan fingerprint density at radius 3 is 2.86 bits per heavy atom. The quantitative estimate of drug-likeness (QED) is 0.736. The zero-order valence-corrected chi connectivity index (χ0v) is 7.90. The van der Waals surface area contributed by atoms with Crippen molar-refractivity contribution in [2.75, 3.05) is 13.1 Å². The van der Waals surface area contributed by atoms with Gasteiger partial charge in [0, 0.05) is 19.2 Å². The van der Waals surface area contributed by atoms with E-state index >= 15 is 0 Å². The van der Waals surface area contributed by atoms with Crippen LogP contribution in [0.2, 0.25) is 0 Å². The number of hydrogen-bond acceptors (Lipinski definition) is 3. The molecular formula is C9H13N3O2. The van der Waals surface area contributed by atoms with E-state index in [-0.39, 0.29) is 6.09 Å². The van der Waals surface area contributed by atoms with E-state index < -0.39 is 0 Å². The molecule has 14 heavy (non-hydrogen) atoms. The standard InChI is InChI=1S/C9H13N3O2/c13-9(12-6-2-1-3-7-12)14-8-4-5-10-11-8/h4-5H,1-3,6-7H2,(H,10,11). The van der Waals surface area contributed by atoms with Crippen molar-refractivity contribution in [3.05, 3.63) is 12.3 Å². The fraction of sp³-hybridized carbons (Fsp3) is 0.556. The van der Waals surface area contributed by atoms with Crippen molar-refractivity contribution in [1.82, 2.24) is 15.1 Å². The van der Waals surface area contributed by atoms with Gasteiger partial charge >= 0.3 is 6.09 Å². The minimum Gasteiger partial charge on any atom is -0.392 e. The molecule has 1 aromatic heterocycles. The Kier molecular flexibility index (Phi) is 2.67. The monoisotopic (exact) mass is 195 g/mol. The van der Waals surface area contributed by atoms with Gasteiger partial charge in [0.1, 0.15) is 0 Å². The Bertz CT molecular complexity index is 291. The van der Waals surface area contributed by atoms with Gasteiger partial charge in [-0.05, 0) is 19.3 Å². The first kappa shape index (κ1) is 9.05. The van der Waals surface area contributed by atoms with Crippen LogP contribution >= 0.6 is 0 Å². The molecule has 1 aliphatic rings. The SMILES string of the molecule is O=C(Oc1ccn[nH]1)N1CCCCC1. The second kappa shape index (κ2) is 4.13. The Labute approximate surface area is 82.0 Å². The molecule has 1 saturated heterocycles. The van der Waals surface area contributed by atoms with Gasteiger partial charge in [0.05, 0.1) is 6.20 Å². The second-order valence-corrected chi connectivity index (χ2v) is 3.34. The highest BCUT2D eigenvalue weighted by Crippen LogP contribution is 2.11. The molecule has 2 heterocycles. The minimum absolute atomic E-state index is 0.283. The van der Waals surface area contributed by atoms with Gasteiger partial charge in [-0.15, -0.1) is 0 Å². The topological polar surface area (TPSA) is 58.2 Å². The summed E-state index contributed by atoms with van der Waals surface area (Å²) < 4.78 is 5.06. The maximum Gasteiger partial charge on any atom is 0.416 e. The van der Waals surface area contributed by atoms with Gasteiger partial charge in [0.25, 0.3) is 0 Å². The van der Waals surface area contributed by atoms with E-state index in [0.717, 1.165) is 25.9 Å². The molecule has 76 valence electrons. The molecule has 5 heteroatoms. The lowest BCUT2D eigenvalue weighted by Crippen LogP contribution is -2.37. The fourth-order valence-electron chi connectivity index (χ4n) is 1.54. The molecule has 1 N–H and O–H groups in total. The average molecular weight is 195 g/mol. The number of hydrogen-bond donors (Lipinski definition) is 1. The van der Waals surface area contributed by atoms with Crippen molar-refractivity contribution in [3.8, 4) is 5.88 Å². The molecule has 0 aliphatic carbocycles. The highest BCUT2D eigenvalue weighted by Gasteiger charge is 2.18. The molecule has 5 nitrogen and oxygen atoms in total. The van der Waals surface area contributed by atoms with Crippen molar-refractivity contribution in [2.24, 2.45) is 0 Å². The first-order chi connectivity index (χ1) is 6.86. The molecule has 0 bridgehead atoms. The van der Waals surface area contributed by atoms with Crippen LogP contribution in [0.5, 0.6) is 5.88 Å². The van der Waals surface area contributed by atoms with Crippen LogP contribution in [0.4, 0.5) is 4.79 Å². The smallest absolute Gasteiger partial charge is 0.392 e. The van der Waals surface area contributed by atoms with Crippen molar-refractivity contribution in [1.29, 1.82) is 0 Å². The van der Waals surface area contributed by atoms with E-state index in [0.29, 0.717) is 5.88 Å². The maximum absolute atomic E-state index is 11.5. The van der Waals surface area contributed by atoms with Crippen LogP contribution in [-0.4, -0.2) is 34.3 Å². The summed E-state index contributed by atoms with van der Waals surface area (Å²) in [7, 11) is 0. The van der Waals surface area contributed by atoms with Crippen LogP contribution in [0.25, 0.3) is 0 Å². The van der Waals surface area contributed by atoms with Crippen molar-refractivity contribution in [3.63, 3.8) is 0 Å². The summed E-state index contributed by atoms with van der Waals surface area (Å²) in [5, 5.41) is 6.29. The second-order valence-electron chi connectivity index (χ2n) is 3.34. The van der Waals surface area contributed by atoms with Gasteiger partial charge in [0.2, 0.25) is 5.88 Å². The molecule has 0 radical (unpaired) electrons. The van der Waals surface area contributed by atoms with Gasteiger partial charge < -0.3 is 9.64 Å². The molecule has 2 rings (SSSR count). The summed E-state index contributed by atoms with van der Waals surface area (Å²) >= 11 is 0. The molecule has 1 aliphatic heterocycles. The van der Waals surface area contributed by atoms with E-state index in [1.807, 2.05) is 0 Å². The van der Waals surface area contributed by atoms with E-state index in [1.165, 1.54) is 6.42 Å². The number of aromatic nitrogens is 2. The summed E-state index contributed by atoms with van der Waals surface area (Å²) in [6, 6.07) is 1.63. The van der Waals surface area contributed by atoms with Gasteiger partial charge in [-0.2, -0.15) is 5.10 Å². The van der Waals surface area contributed by atoms with E-state index in [2.05, 4.69) is 10.2 Å². The van der Waals surface area contributed by atoms with E-state index in [1.54, 1.807) is 17.2 Å². The number of aromatic amines is 1. The number of rotatable bonds is 1. The first-order valence-electron chi connectivity index (χ1n) is 4.82. The van der Waals surface area contributed by atoms with Gasteiger partial charge in [0.15, 0.2) is 0 Å². The molecular weight excluding hydrogens is 182 g/mol. The van der Waals surface area contributed by atoms with E-state index in [9.17, 15) is 4.79 Å². The van der Waals surface area contributed by atoms with Crippen LogP contribution in [0.1, 0.15) is 19.3 Å². The predicted octanol–water partition coefficient (Wildman–Crippen LogP) is 1.39. The maximum atomic E-state index is 11.5. The molecule has 0 unspecified atom stereocenters. The summed E-state index contributed by atoms with van der Waals surface area (Å²) in [6.07, 6.45) is 4.61. The van der Waals surface area contributed by atoms with Crippen LogP contribution in [0.15, 0.2) is 12.3 Å². The number of nitrogens with one attached hydrogen (secondary N) is 1. The molecule has 1 aromatic rings. The number of carbonyl (C=O) groups is 1. The van der Waals surface area contributed by atoms with Crippen molar-refractivity contribution in [2.45, 2.75) is 19.3 Å². The molecule has 1 fully saturated rings. The normalized spacial score (nSPS) is 16.7. The Morgan fingerprint density at radius 1 is 1.43 bits per heavy atom. The highest BCUT2D eigenvalue weighted by atomic mass is 16.6. The number of likely N-dealkylation sites (tertiary alicyclic amines) is 1. The third-order valence-corrected chi connectivity index (χ3v) is 2.29. The largest absolute Gasteiger partial charge is 0.416 e. The minimum atomic E-state index is -0.283. The highest BCUT2D eigenvalue weighted by molar-refractivity contribution is 5.70. The fourth-order valence-corrected chi connectivity index (χ4v) is 1.54. The summed E-state index contributed by atoms with van der Waals surface area (Å²) in [6.45, 7) is 1.60. The van der Waals surface area contributed by atoms with Crippen LogP contribution < -0.4 is 4.74 Å². The summed E-state index contributed by atoms with van der Waals surface area (Å²) in [5.74, 6) is 0.403. The number of nitrogens with zero attached hydrogens (tertiary/aromatic N) is 2. The number of amides is 1. The number of carbonyl (C=O) groups excluding carboxylic acids is 1. The average Bonchev–Trinajstić information content (AvgIpc) is 2.72. The van der Waals surface area contributed by atoms with Crippen LogP contribution in [-0.2, 0) is 0 Å². The van der Waals surface area contributed by atoms with Crippen LogP contribution in [0.3, 0.4) is 0 Å². The molecule has 0 aromatic carbocycles. The summed E-state index contributed by atoms with van der Waals surface area (Å²) in [5.41, 5.74) is 0. The van der Waals surface area contributed by atoms with Crippen LogP contribution in [0, 0.1) is 0 Å². The third kappa shape index (κ3) is 2.04. The van der Waals surface area contributed by atoms with Gasteiger partial charge in [-0.25, -0.2) is 9.89 Å². The van der Waals surface area contributed by atoms with Crippen molar-refractivity contribution < 1.29 is 9.53 Å². The lowest BCUT2D eigenvalue weighted by atomic mass is 10.1. The van der Waals surface area contributed by atoms with Gasteiger partial charge in [-0.3, -0.25) is 0 Å². The zero-order valence-electron chi connectivity index (χ0n) is 7.90. The van der Waals surface area contributed by atoms with Gasteiger partial charge in [-0.1, -0.05) is 0 Å². The molecule has 0 atom stereocenters. The number of ether oxygens (including phenoxy) is 1. The predicted molar refractivity (Wildman–Crippen MR) is 50.0 cm³/mol.